The van der Waals surface area contributed by atoms with E-state index in [9.17, 15) is 9.59 Å². The molecule has 164 valence electrons. The van der Waals surface area contributed by atoms with Crippen LogP contribution < -0.4 is 20.1 Å². The van der Waals surface area contributed by atoms with Crippen molar-refractivity contribution in [2.75, 3.05) is 13.7 Å². The Morgan fingerprint density at radius 1 is 1.13 bits per heavy atom. The summed E-state index contributed by atoms with van der Waals surface area (Å²) in [5.41, 5.74) is 1.85. The predicted molar refractivity (Wildman–Crippen MR) is 117 cm³/mol. The summed E-state index contributed by atoms with van der Waals surface area (Å²) in [7, 11) is 1.55. The lowest BCUT2D eigenvalue weighted by Crippen LogP contribution is -2.51. The molecule has 31 heavy (non-hydrogen) atoms. The predicted octanol–water partition coefficient (Wildman–Crippen LogP) is 4.10. The van der Waals surface area contributed by atoms with Crippen LogP contribution in [-0.2, 0) is 16.1 Å². The maximum absolute atomic E-state index is 12.9. The summed E-state index contributed by atoms with van der Waals surface area (Å²) in [4.78, 5) is 25.0. The quantitative estimate of drug-likeness (QED) is 0.468. The van der Waals surface area contributed by atoms with E-state index in [-0.39, 0.29) is 12.3 Å². The van der Waals surface area contributed by atoms with Crippen molar-refractivity contribution in [3.8, 4) is 11.5 Å². The van der Waals surface area contributed by atoms with Crippen LogP contribution in [0, 0.1) is 5.92 Å². The van der Waals surface area contributed by atoms with E-state index in [0.717, 1.165) is 18.4 Å². The zero-order valence-corrected chi connectivity index (χ0v) is 17.9. The van der Waals surface area contributed by atoms with E-state index >= 15 is 0 Å². The van der Waals surface area contributed by atoms with Crippen molar-refractivity contribution < 1.29 is 23.8 Å². The average molecular weight is 424 g/mol. The van der Waals surface area contributed by atoms with E-state index < -0.39 is 24.0 Å². The first-order chi connectivity index (χ1) is 15.0. The molecule has 2 atom stereocenters. The van der Waals surface area contributed by atoms with Crippen LogP contribution in [-0.4, -0.2) is 25.7 Å². The van der Waals surface area contributed by atoms with E-state index in [0.29, 0.717) is 23.7 Å². The number of rotatable bonds is 9. The zero-order chi connectivity index (χ0) is 22.2. The Balaban J connectivity index is 1.81. The van der Waals surface area contributed by atoms with Crippen LogP contribution in [0.3, 0.4) is 0 Å². The first-order valence-corrected chi connectivity index (χ1v) is 10.3. The summed E-state index contributed by atoms with van der Waals surface area (Å²) in [6.45, 7) is 6.69. The van der Waals surface area contributed by atoms with Crippen LogP contribution in [0.5, 0.6) is 11.5 Å². The number of nitrogens with one attached hydrogen (secondary N) is 2. The summed E-state index contributed by atoms with van der Waals surface area (Å²) >= 11 is 0. The van der Waals surface area contributed by atoms with Gasteiger partial charge in [0.25, 0.3) is 0 Å². The summed E-state index contributed by atoms with van der Waals surface area (Å²) in [6, 6.07) is 13.7. The van der Waals surface area contributed by atoms with Crippen LogP contribution in [0.15, 0.2) is 60.8 Å². The first kappa shape index (κ1) is 22.2. The molecule has 0 aromatic heterocycles. The smallest absolute Gasteiger partial charge is 0.319 e. The van der Waals surface area contributed by atoms with E-state index in [1.54, 1.807) is 19.2 Å². The van der Waals surface area contributed by atoms with Crippen molar-refractivity contribution in [2.24, 2.45) is 5.92 Å². The van der Waals surface area contributed by atoms with Crippen molar-refractivity contribution in [2.45, 2.75) is 32.4 Å². The van der Waals surface area contributed by atoms with E-state index in [4.69, 9.17) is 14.2 Å². The summed E-state index contributed by atoms with van der Waals surface area (Å²) in [5.74, 6) is -0.128. The first-order valence-electron chi connectivity index (χ1n) is 10.3. The molecule has 2 N–H and O–H groups in total. The molecule has 0 radical (unpaired) electrons. The number of unbranched alkanes of at least 4 members (excludes halogenated alkanes) is 1. The van der Waals surface area contributed by atoms with Gasteiger partial charge in [-0.05, 0) is 29.7 Å². The number of esters is 1. The molecule has 2 aromatic rings. The highest BCUT2D eigenvalue weighted by Gasteiger charge is 2.39. The van der Waals surface area contributed by atoms with Gasteiger partial charge in [0.2, 0.25) is 0 Å². The zero-order valence-electron chi connectivity index (χ0n) is 17.9. The minimum absolute atomic E-state index is 0.137. The maximum atomic E-state index is 12.9. The van der Waals surface area contributed by atoms with Crippen LogP contribution in [0.2, 0.25) is 0 Å². The van der Waals surface area contributed by atoms with Gasteiger partial charge in [-0.1, -0.05) is 56.3 Å². The highest BCUT2D eigenvalue weighted by atomic mass is 16.5. The Labute approximate surface area is 182 Å². The van der Waals surface area contributed by atoms with Crippen molar-refractivity contribution in [3.05, 3.63) is 71.9 Å². The number of hydrogen-bond acceptors (Lipinski definition) is 5. The summed E-state index contributed by atoms with van der Waals surface area (Å²) < 4.78 is 16.8. The fraction of sp³-hybridized carbons (Fsp3) is 0.333. The Hall–Kier alpha value is -3.48. The molecule has 1 fully saturated rings. The Bertz CT molecular complexity index is 929. The van der Waals surface area contributed by atoms with Gasteiger partial charge in [-0.25, -0.2) is 4.79 Å². The SMILES string of the molecule is C=C1NC(=O)N[C@@H](c2ccc(OCCCC)c(OC)c2)[C@@H]1C(=O)OCc1ccccc1. The Morgan fingerprint density at radius 2 is 1.90 bits per heavy atom. The highest BCUT2D eigenvalue weighted by Crippen LogP contribution is 2.36. The molecule has 2 aromatic carbocycles. The Kier molecular flexibility index (Phi) is 7.54. The van der Waals surface area contributed by atoms with Gasteiger partial charge in [0.15, 0.2) is 11.5 Å². The van der Waals surface area contributed by atoms with Gasteiger partial charge >= 0.3 is 12.0 Å². The lowest BCUT2D eigenvalue weighted by molar-refractivity contribution is -0.149. The summed E-state index contributed by atoms with van der Waals surface area (Å²) in [5, 5.41) is 5.39. The molecule has 7 nitrogen and oxygen atoms in total. The third-order valence-electron chi connectivity index (χ3n) is 5.05. The lowest BCUT2D eigenvalue weighted by Gasteiger charge is -2.33. The number of ether oxygens (including phenoxy) is 3. The Morgan fingerprint density at radius 3 is 2.61 bits per heavy atom. The fourth-order valence-electron chi connectivity index (χ4n) is 3.38. The van der Waals surface area contributed by atoms with Crippen molar-refractivity contribution in [3.63, 3.8) is 0 Å². The minimum Gasteiger partial charge on any atom is -0.493 e. The number of hydrogen-bond donors (Lipinski definition) is 2. The highest BCUT2D eigenvalue weighted by molar-refractivity contribution is 5.85. The number of carbonyl (C=O) groups excluding carboxylic acids is 2. The topological polar surface area (TPSA) is 85.9 Å². The number of carbonyl (C=O) groups is 2. The standard InChI is InChI=1S/C24H28N2O5/c1-4-5-13-30-19-12-11-18(14-20(19)29-3)22-21(16(2)25-24(28)26-22)23(27)31-15-17-9-7-6-8-10-17/h6-12,14,21-22H,2,4-5,13,15H2,1,3H3,(H2,25,26,28)/t21-,22+/m1/s1. The molecular formula is C24H28N2O5. The molecular weight excluding hydrogens is 396 g/mol. The molecule has 0 spiro atoms. The number of benzene rings is 2. The number of methoxy groups -OCH3 is 1. The van der Waals surface area contributed by atoms with Crippen LogP contribution in [0.4, 0.5) is 4.79 Å². The third-order valence-corrected chi connectivity index (χ3v) is 5.05. The molecule has 0 bridgehead atoms. The summed E-state index contributed by atoms with van der Waals surface area (Å²) in [6.07, 6.45) is 1.96. The van der Waals surface area contributed by atoms with Gasteiger partial charge in [0.05, 0.1) is 19.8 Å². The normalized spacial score (nSPS) is 18.0. The van der Waals surface area contributed by atoms with Gasteiger partial charge in [-0.2, -0.15) is 0 Å². The monoisotopic (exact) mass is 424 g/mol. The second-order valence-electron chi connectivity index (χ2n) is 7.28. The lowest BCUT2D eigenvalue weighted by atomic mass is 9.89. The van der Waals surface area contributed by atoms with Crippen molar-refractivity contribution in [1.29, 1.82) is 0 Å². The van der Waals surface area contributed by atoms with Crippen molar-refractivity contribution in [1.82, 2.24) is 10.6 Å². The van der Waals surface area contributed by atoms with Gasteiger partial charge in [0, 0.05) is 5.70 Å². The van der Waals surface area contributed by atoms with E-state index in [1.165, 1.54) is 0 Å². The number of amides is 2. The van der Waals surface area contributed by atoms with Gasteiger partial charge in [-0.15, -0.1) is 0 Å². The molecule has 0 saturated carbocycles. The second kappa shape index (κ2) is 10.5. The van der Waals surface area contributed by atoms with Crippen molar-refractivity contribution >= 4 is 12.0 Å². The molecule has 7 heteroatoms. The van der Waals surface area contributed by atoms with Gasteiger partial charge in [0.1, 0.15) is 12.5 Å². The van der Waals surface area contributed by atoms with Crippen LogP contribution in [0.25, 0.3) is 0 Å². The maximum Gasteiger partial charge on any atom is 0.319 e. The molecule has 2 amide bonds. The van der Waals surface area contributed by atoms with Gasteiger partial charge in [-0.3, -0.25) is 4.79 Å². The van der Waals surface area contributed by atoms with E-state index in [1.807, 2.05) is 36.4 Å². The van der Waals surface area contributed by atoms with Gasteiger partial charge < -0.3 is 24.8 Å². The van der Waals surface area contributed by atoms with Crippen LogP contribution in [0.1, 0.15) is 36.9 Å². The molecule has 1 saturated heterocycles. The largest absolute Gasteiger partial charge is 0.493 e. The average Bonchev–Trinajstić information content (AvgIpc) is 2.78. The molecule has 0 unspecified atom stereocenters. The van der Waals surface area contributed by atoms with E-state index in [2.05, 4.69) is 24.1 Å². The van der Waals surface area contributed by atoms with Crippen LogP contribution >= 0.6 is 0 Å². The fourth-order valence-corrected chi connectivity index (χ4v) is 3.38. The third kappa shape index (κ3) is 5.57. The minimum atomic E-state index is -0.794. The molecule has 3 rings (SSSR count). The number of urea groups is 1. The molecule has 0 aliphatic carbocycles. The molecule has 1 heterocycles. The second-order valence-corrected chi connectivity index (χ2v) is 7.28. The molecule has 1 aliphatic rings. The molecule has 1 aliphatic heterocycles.